The summed E-state index contributed by atoms with van der Waals surface area (Å²) in [4.78, 5) is 12.1. The Bertz CT molecular complexity index is 475. The van der Waals surface area contributed by atoms with Crippen LogP contribution in [-0.4, -0.2) is 23.0 Å². The van der Waals surface area contributed by atoms with Crippen LogP contribution >= 0.6 is 11.8 Å². The highest BCUT2D eigenvalue weighted by molar-refractivity contribution is 8.00. The van der Waals surface area contributed by atoms with Crippen molar-refractivity contribution in [1.29, 1.82) is 5.26 Å². The Morgan fingerprint density at radius 2 is 2.26 bits per heavy atom. The molecule has 100 valence electrons. The number of hydrogen-bond donors (Lipinski definition) is 1. The van der Waals surface area contributed by atoms with Crippen molar-refractivity contribution in [3.63, 3.8) is 0 Å². The lowest BCUT2D eigenvalue weighted by Gasteiger charge is -2.23. The number of carbonyl (C=O) groups is 1. The summed E-state index contributed by atoms with van der Waals surface area (Å²) in [5, 5.41) is 12.1. The van der Waals surface area contributed by atoms with Crippen molar-refractivity contribution in [3.8, 4) is 6.07 Å². The van der Waals surface area contributed by atoms with Gasteiger partial charge < -0.3 is 5.32 Å². The molecule has 1 heterocycles. The summed E-state index contributed by atoms with van der Waals surface area (Å²) in [6.07, 6.45) is 2.33. The van der Waals surface area contributed by atoms with E-state index in [1.807, 2.05) is 42.1 Å². The fourth-order valence-electron chi connectivity index (χ4n) is 2.28. The van der Waals surface area contributed by atoms with Crippen LogP contribution in [0.15, 0.2) is 30.3 Å². The largest absolute Gasteiger partial charge is 0.353 e. The van der Waals surface area contributed by atoms with Gasteiger partial charge in [-0.25, -0.2) is 0 Å². The highest BCUT2D eigenvalue weighted by Crippen LogP contribution is 2.37. The van der Waals surface area contributed by atoms with Crippen LogP contribution in [0.25, 0.3) is 0 Å². The first-order valence-corrected chi connectivity index (χ1v) is 7.49. The summed E-state index contributed by atoms with van der Waals surface area (Å²) in [7, 11) is 0. The third kappa shape index (κ3) is 3.51. The molecule has 0 aromatic heterocycles. The number of amides is 1. The van der Waals surface area contributed by atoms with Gasteiger partial charge in [0, 0.05) is 11.3 Å². The molecule has 19 heavy (non-hydrogen) atoms. The second-order valence-corrected chi connectivity index (χ2v) is 6.78. The molecule has 1 N–H and O–H groups in total. The highest BCUT2D eigenvalue weighted by atomic mass is 32.2. The van der Waals surface area contributed by atoms with Crippen molar-refractivity contribution in [3.05, 3.63) is 35.9 Å². The Kier molecular flexibility index (Phi) is 4.49. The topological polar surface area (TPSA) is 52.9 Å². The van der Waals surface area contributed by atoms with E-state index >= 15 is 0 Å². The lowest BCUT2D eigenvalue weighted by molar-refractivity contribution is -0.121. The van der Waals surface area contributed by atoms with Gasteiger partial charge in [-0.05, 0) is 31.1 Å². The smallest absolute Gasteiger partial charge is 0.241 e. The van der Waals surface area contributed by atoms with Crippen LogP contribution < -0.4 is 5.32 Å². The molecule has 2 rings (SSSR count). The molecule has 1 aliphatic heterocycles. The maximum absolute atomic E-state index is 12.1. The fourth-order valence-corrected chi connectivity index (χ4v) is 3.53. The SMILES string of the molecule is CC1(CNC(=O)C(C#N)c2ccccc2)CCCS1. The lowest BCUT2D eigenvalue weighted by atomic mass is 9.99. The van der Waals surface area contributed by atoms with E-state index in [0.717, 1.165) is 17.7 Å². The predicted octanol–water partition coefficient (Wildman–Crippen LogP) is 2.70. The van der Waals surface area contributed by atoms with Gasteiger partial charge in [-0.1, -0.05) is 30.3 Å². The van der Waals surface area contributed by atoms with Gasteiger partial charge >= 0.3 is 0 Å². The summed E-state index contributed by atoms with van der Waals surface area (Å²) in [5.74, 6) is 0.255. The Morgan fingerprint density at radius 1 is 1.53 bits per heavy atom. The van der Waals surface area contributed by atoms with Gasteiger partial charge in [0.2, 0.25) is 5.91 Å². The molecule has 0 bridgehead atoms. The second-order valence-electron chi connectivity index (χ2n) is 5.09. The monoisotopic (exact) mass is 274 g/mol. The van der Waals surface area contributed by atoms with Crippen LogP contribution in [0.4, 0.5) is 0 Å². The Labute approximate surface area is 118 Å². The number of nitrogens with zero attached hydrogens (tertiary/aromatic N) is 1. The molecule has 1 fully saturated rings. The highest BCUT2D eigenvalue weighted by Gasteiger charge is 2.31. The van der Waals surface area contributed by atoms with Crippen molar-refractivity contribution in [1.82, 2.24) is 5.32 Å². The van der Waals surface area contributed by atoms with Crippen molar-refractivity contribution in [2.24, 2.45) is 0 Å². The standard InChI is InChI=1S/C15H18N2OS/c1-15(8-5-9-19-15)11-17-14(18)13(10-16)12-6-3-2-4-7-12/h2-4,6-7,13H,5,8-9,11H2,1H3,(H,17,18). The number of thioether (sulfide) groups is 1. The number of hydrogen-bond acceptors (Lipinski definition) is 3. The van der Waals surface area contributed by atoms with E-state index < -0.39 is 5.92 Å². The number of nitriles is 1. The molecular formula is C15H18N2OS. The van der Waals surface area contributed by atoms with E-state index in [0.29, 0.717) is 6.54 Å². The molecule has 2 unspecified atom stereocenters. The Hall–Kier alpha value is -1.47. The van der Waals surface area contributed by atoms with E-state index in [1.165, 1.54) is 6.42 Å². The van der Waals surface area contributed by atoms with Crippen LogP contribution in [0.3, 0.4) is 0 Å². The zero-order chi connectivity index (χ0) is 13.7. The van der Waals surface area contributed by atoms with Crippen LogP contribution in [0.2, 0.25) is 0 Å². The summed E-state index contributed by atoms with van der Waals surface area (Å²) in [6.45, 7) is 2.82. The third-order valence-electron chi connectivity index (χ3n) is 3.46. The fraction of sp³-hybridized carbons (Fsp3) is 0.467. The van der Waals surface area contributed by atoms with Crippen molar-refractivity contribution in [2.75, 3.05) is 12.3 Å². The molecule has 1 aromatic carbocycles. The summed E-state index contributed by atoms with van der Waals surface area (Å²) >= 11 is 1.90. The molecular weight excluding hydrogens is 256 g/mol. The van der Waals surface area contributed by atoms with Crippen molar-refractivity contribution >= 4 is 17.7 Å². The molecule has 0 saturated carbocycles. The Morgan fingerprint density at radius 3 is 2.84 bits per heavy atom. The maximum Gasteiger partial charge on any atom is 0.241 e. The molecule has 0 aliphatic carbocycles. The molecule has 1 aliphatic rings. The van der Waals surface area contributed by atoms with E-state index in [4.69, 9.17) is 0 Å². The second kappa shape index (κ2) is 6.12. The van der Waals surface area contributed by atoms with Crippen LogP contribution in [0.1, 0.15) is 31.2 Å². The molecule has 1 saturated heterocycles. The Balaban J connectivity index is 1.97. The van der Waals surface area contributed by atoms with E-state index in [9.17, 15) is 10.1 Å². The van der Waals surface area contributed by atoms with E-state index in [-0.39, 0.29) is 10.7 Å². The van der Waals surface area contributed by atoms with Gasteiger partial charge in [0.1, 0.15) is 5.92 Å². The summed E-state index contributed by atoms with van der Waals surface area (Å²) in [5.41, 5.74) is 0.756. The first-order valence-electron chi connectivity index (χ1n) is 6.51. The minimum Gasteiger partial charge on any atom is -0.353 e. The minimum atomic E-state index is -0.712. The van der Waals surface area contributed by atoms with Gasteiger partial charge in [-0.15, -0.1) is 0 Å². The van der Waals surface area contributed by atoms with Gasteiger partial charge in [0.05, 0.1) is 6.07 Å². The van der Waals surface area contributed by atoms with Gasteiger partial charge in [-0.3, -0.25) is 4.79 Å². The number of benzene rings is 1. The number of nitrogens with one attached hydrogen (secondary N) is 1. The molecule has 1 aromatic rings. The average Bonchev–Trinajstić information content (AvgIpc) is 2.86. The van der Waals surface area contributed by atoms with Crippen molar-refractivity contribution in [2.45, 2.75) is 30.4 Å². The maximum atomic E-state index is 12.1. The van der Waals surface area contributed by atoms with Gasteiger partial charge in [-0.2, -0.15) is 17.0 Å². The van der Waals surface area contributed by atoms with E-state index in [2.05, 4.69) is 18.3 Å². The zero-order valence-corrected chi connectivity index (χ0v) is 11.9. The summed E-state index contributed by atoms with van der Waals surface area (Å²) < 4.78 is 0.131. The van der Waals surface area contributed by atoms with Gasteiger partial charge in [0.25, 0.3) is 0 Å². The first-order chi connectivity index (χ1) is 9.14. The van der Waals surface area contributed by atoms with Crippen LogP contribution in [-0.2, 0) is 4.79 Å². The number of rotatable bonds is 4. The zero-order valence-electron chi connectivity index (χ0n) is 11.1. The molecule has 3 nitrogen and oxygen atoms in total. The van der Waals surface area contributed by atoms with Crippen LogP contribution in [0, 0.1) is 11.3 Å². The molecule has 0 spiro atoms. The number of carbonyl (C=O) groups excluding carboxylic acids is 1. The first kappa shape index (κ1) is 14.0. The molecule has 2 atom stereocenters. The molecule has 0 radical (unpaired) electrons. The quantitative estimate of drug-likeness (QED) is 0.918. The summed E-state index contributed by atoms with van der Waals surface area (Å²) in [6, 6.07) is 11.3. The van der Waals surface area contributed by atoms with Gasteiger partial charge in [0.15, 0.2) is 0 Å². The molecule has 4 heteroatoms. The van der Waals surface area contributed by atoms with Crippen molar-refractivity contribution < 1.29 is 4.79 Å². The third-order valence-corrected chi connectivity index (χ3v) is 5.00. The minimum absolute atomic E-state index is 0.131. The van der Waals surface area contributed by atoms with E-state index in [1.54, 1.807) is 0 Å². The van der Waals surface area contributed by atoms with Crippen LogP contribution in [0.5, 0.6) is 0 Å². The predicted molar refractivity (Wildman–Crippen MR) is 77.9 cm³/mol. The lowest BCUT2D eigenvalue weighted by Crippen LogP contribution is -2.38. The normalized spacial score (nSPS) is 23.6. The average molecular weight is 274 g/mol. The molecule has 1 amide bonds.